The van der Waals surface area contributed by atoms with E-state index in [1.807, 2.05) is 0 Å². The number of carboxylic acids is 1. The molecular formula is C7H13NO4. The Hall–Kier alpha value is -0.650. The topological polar surface area (TPSA) is 92.8 Å². The first-order valence-electron chi connectivity index (χ1n) is 3.77. The summed E-state index contributed by atoms with van der Waals surface area (Å²) in [4.78, 5) is 10.4. The summed E-state index contributed by atoms with van der Waals surface area (Å²) in [6.07, 6.45) is 0.277. The highest BCUT2D eigenvalue weighted by molar-refractivity contribution is 5.73. The minimum Gasteiger partial charge on any atom is -0.480 e. The molecule has 0 saturated carbocycles. The van der Waals surface area contributed by atoms with E-state index in [4.69, 9.17) is 20.7 Å². The second-order valence-corrected chi connectivity index (χ2v) is 3.30. The number of carboxylic acid groups (broad SMARTS) is 1. The van der Waals surface area contributed by atoms with Gasteiger partial charge in [-0.3, -0.25) is 4.79 Å². The number of hydrogen-bond acceptors (Lipinski definition) is 4. The molecule has 0 bridgehead atoms. The monoisotopic (exact) mass is 175 g/mol. The molecule has 1 atom stereocenters. The van der Waals surface area contributed by atoms with Gasteiger partial charge in [0.05, 0.1) is 19.8 Å². The van der Waals surface area contributed by atoms with Crippen LogP contribution in [0.1, 0.15) is 6.42 Å². The van der Waals surface area contributed by atoms with Gasteiger partial charge in [0.1, 0.15) is 6.04 Å². The summed E-state index contributed by atoms with van der Waals surface area (Å²) in [6, 6.07) is -0.902. The molecule has 1 unspecified atom stereocenters. The van der Waals surface area contributed by atoms with Gasteiger partial charge in [0, 0.05) is 5.41 Å². The van der Waals surface area contributed by atoms with E-state index in [1.54, 1.807) is 0 Å². The van der Waals surface area contributed by atoms with Crippen molar-refractivity contribution in [2.45, 2.75) is 12.5 Å². The lowest BCUT2D eigenvalue weighted by Crippen LogP contribution is -2.50. The zero-order valence-corrected chi connectivity index (χ0v) is 6.69. The van der Waals surface area contributed by atoms with Gasteiger partial charge in [-0.2, -0.15) is 0 Å². The molecule has 0 aromatic carbocycles. The molecule has 5 heteroatoms. The molecule has 1 rings (SSSR count). The number of rotatable bonds is 4. The van der Waals surface area contributed by atoms with E-state index in [0.717, 1.165) is 0 Å². The largest absolute Gasteiger partial charge is 0.480 e. The Morgan fingerprint density at radius 2 is 2.25 bits per heavy atom. The average molecular weight is 175 g/mol. The fourth-order valence-corrected chi connectivity index (χ4v) is 1.22. The van der Waals surface area contributed by atoms with Gasteiger partial charge in [0.2, 0.25) is 0 Å². The van der Waals surface area contributed by atoms with Crippen molar-refractivity contribution in [2.24, 2.45) is 11.1 Å². The van der Waals surface area contributed by atoms with Crippen LogP contribution in [0.5, 0.6) is 0 Å². The Kier molecular flexibility index (Phi) is 2.66. The van der Waals surface area contributed by atoms with Gasteiger partial charge in [-0.1, -0.05) is 0 Å². The summed E-state index contributed by atoms with van der Waals surface area (Å²) in [5.41, 5.74) is 4.92. The van der Waals surface area contributed by atoms with Crippen LogP contribution in [0.3, 0.4) is 0 Å². The van der Waals surface area contributed by atoms with E-state index in [9.17, 15) is 4.79 Å². The lowest BCUT2D eigenvalue weighted by molar-refractivity contribution is -0.154. The van der Waals surface area contributed by atoms with Crippen LogP contribution in [-0.4, -0.2) is 42.0 Å². The lowest BCUT2D eigenvalue weighted by atomic mass is 9.81. The predicted molar refractivity (Wildman–Crippen MR) is 40.6 cm³/mol. The van der Waals surface area contributed by atoms with Crippen LogP contribution in [0.15, 0.2) is 0 Å². The molecule has 1 fully saturated rings. The van der Waals surface area contributed by atoms with Gasteiger partial charge in [0.25, 0.3) is 0 Å². The molecule has 4 N–H and O–H groups in total. The van der Waals surface area contributed by atoms with Crippen LogP contribution in [0.2, 0.25) is 0 Å². The first-order chi connectivity index (χ1) is 5.59. The highest BCUT2D eigenvalue weighted by Crippen LogP contribution is 2.31. The SMILES string of the molecule is NC(CC1(CO)COC1)C(=O)O. The van der Waals surface area contributed by atoms with Crippen molar-refractivity contribution >= 4 is 5.97 Å². The molecular weight excluding hydrogens is 162 g/mol. The molecule has 0 aromatic rings. The second kappa shape index (κ2) is 3.38. The highest BCUT2D eigenvalue weighted by atomic mass is 16.5. The first kappa shape index (κ1) is 9.44. The molecule has 1 aliphatic rings. The maximum absolute atomic E-state index is 10.4. The van der Waals surface area contributed by atoms with Crippen LogP contribution in [0.4, 0.5) is 0 Å². The maximum Gasteiger partial charge on any atom is 0.320 e. The van der Waals surface area contributed by atoms with Crippen molar-refractivity contribution in [2.75, 3.05) is 19.8 Å². The summed E-state index contributed by atoms with van der Waals surface area (Å²) < 4.78 is 4.90. The fraction of sp³-hybridized carbons (Fsp3) is 0.857. The Bertz CT molecular complexity index is 173. The molecule has 5 nitrogen and oxygen atoms in total. The van der Waals surface area contributed by atoms with Crippen molar-refractivity contribution in [3.05, 3.63) is 0 Å². The lowest BCUT2D eigenvalue weighted by Gasteiger charge is -2.40. The number of aliphatic hydroxyl groups excluding tert-OH is 1. The van der Waals surface area contributed by atoms with Crippen molar-refractivity contribution in [3.63, 3.8) is 0 Å². The van der Waals surface area contributed by atoms with Crippen molar-refractivity contribution < 1.29 is 19.7 Å². The Balaban J connectivity index is 2.42. The summed E-state index contributed by atoms with van der Waals surface area (Å²) in [5, 5.41) is 17.5. The molecule has 0 amide bonds. The molecule has 0 aromatic heterocycles. The van der Waals surface area contributed by atoms with Gasteiger partial charge in [-0.25, -0.2) is 0 Å². The number of aliphatic carboxylic acids is 1. The minimum absolute atomic E-state index is 0.0615. The fourth-order valence-electron chi connectivity index (χ4n) is 1.22. The second-order valence-electron chi connectivity index (χ2n) is 3.30. The Morgan fingerprint density at radius 3 is 2.50 bits per heavy atom. The van der Waals surface area contributed by atoms with Gasteiger partial charge in [-0.15, -0.1) is 0 Å². The summed E-state index contributed by atoms with van der Waals surface area (Å²) in [5.74, 6) is -1.03. The zero-order valence-electron chi connectivity index (χ0n) is 6.69. The third-order valence-corrected chi connectivity index (χ3v) is 2.12. The first-order valence-corrected chi connectivity index (χ1v) is 3.77. The minimum atomic E-state index is -1.03. The number of carbonyl (C=O) groups is 1. The van der Waals surface area contributed by atoms with Crippen LogP contribution in [0.25, 0.3) is 0 Å². The Labute approximate surface area is 70.1 Å². The van der Waals surface area contributed by atoms with Gasteiger partial charge < -0.3 is 20.7 Å². The number of nitrogens with two attached hydrogens (primary N) is 1. The number of ether oxygens (including phenoxy) is 1. The third kappa shape index (κ3) is 1.74. The van der Waals surface area contributed by atoms with Crippen molar-refractivity contribution in [1.82, 2.24) is 0 Å². The summed E-state index contributed by atoms with van der Waals surface area (Å²) in [7, 11) is 0. The van der Waals surface area contributed by atoms with Gasteiger partial charge in [0.15, 0.2) is 0 Å². The standard InChI is InChI=1S/C7H13NO4/c8-5(6(10)11)1-7(2-9)3-12-4-7/h5,9H,1-4,8H2,(H,10,11). The number of aliphatic hydroxyl groups is 1. The smallest absolute Gasteiger partial charge is 0.320 e. The van der Waals surface area contributed by atoms with Crippen LogP contribution < -0.4 is 5.73 Å². The molecule has 1 saturated heterocycles. The van der Waals surface area contributed by atoms with E-state index in [2.05, 4.69) is 0 Å². The Morgan fingerprint density at radius 1 is 1.67 bits per heavy atom. The predicted octanol–water partition coefficient (Wildman–Crippen LogP) is -1.20. The van der Waals surface area contributed by atoms with E-state index < -0.39 is 17.4 Å². The van der Waals surface area contributed by atoms with Crippen LogP contribution >= 0.6 is 0 Å². The van der Waals surface area contributed by atoms with E-state index in [0.29, 0.717) is 13.2 Å². The van der Waals surface area contributed by atoms with E-state index >= 15 is 0 Å². The summed E-state index contributed by atoms with van der Waals surface area (Å²) >= 11 is 0. The molecule has 1 aliphatic heterocycles. The van der Waals surface area contributed by atoms with Crippen molar-refractivity contribution in [1.29, 1.82) is 0 Å². The molecule has 1 heterocycles. The van der Waals surface area contributed by atoms with E-state index in [1.165, 1.54) is 0 Å². The highest BCUT2D eigenvalue weighted by Gasteiger charge is 2.40. The van der Waals surface area contributed by atoms with E-state index in [-0.39, 0.29) is 13.0 Å². The van der Waals surface area contributed by atoms with Crippen LogP contribution in [0, 0.1) is 5.41 Å². The van der Waals surface area contributed by atoms with Crippen LogP contribution in [-0.2, 0) is 9.53 Å². The zero-order chi connectivity index (χ0) is 9.19. The quantitative estimate of drug-likeness (QED) is 0.499. The molecule has 0 radical (unpaired) electrons. The molecule has 0 aliphatic carbocycles. The maximum atomic E-state index is 10.4. The molecule has 0 spiro atoms. The van der Waals surface area contributed by atoms with Gasteiger partial charge >= 0.3 is 5.97 Å². The molecule has 12 heavy (non-hydrogen) atoms. The van der Waals surface area contributed by atoms with Crippen molar-refractivity contribution in [3.8, 4) is 0 Å². The normalized spacial score (nSPS) is 22.8. The van der Waals surface area contributed by atoms with Gasteiger partial charge in [-0.05, 0) is 6.42 Å². The molecule has 70 valence electrons. The third-order valence-electron chi connectivity index (χ3n) is 2.12. The average Bonchev–Trinajstić information content (AvgIpc) is 1.96. The number of hydrogen-bond donors (Lipinski definition) is 3. The summed E-state index contributed by atoms with van der Waals surface area (Å²) in [6.45, 7) is 0.753.